The Hall–Kier alpha value is -1.94. The summed E-state index contributed by atoms with van der Waals surface area (Å²) < 4.78 is 30.0. The maximum absolute atomic E-state index is 11.5. The topological polar surface area (TPSA) is 107 Å². The van der Waals surface area contributed by atoms with Gasteiger partial charge in [-0.25, -0.2) is 4.79 Å². The number of ether oxygens (including phenoxy) is 6. The van der Waals surface area contributed by atoms with Crippen molar-refractivity contribution in [2.75, 3.05) is 46.4 Å². The zero-order valence-corrected chi connectivity index (χ0v) is 23.5. The van der Waals surface area contributed by atoms with Crippen molar-refractivity contribution in [3.05, 3.63) is 21.4 Å². The van der Waals surface area contributed by atoms with E-state index in [1.807, 2.05) is 40.7 Å². The van der Waals surface area contributed by atoms with E-state index in [4.69, 9.17) is 23.7 Å². The van der Waals surface area contributed by atoms with Gasteiger partial charge in [0, 0.05) is 33.4 Å². The number of aryl methyl sites for hydroxylation is 1. The van der Waals surface area contributed by atoms with Crippen LogP contribution < -0.4 is 0 Å². The van der Waals surface area contributed by atoms with Gasteiger partial charge in [-0.3, -0.25) is 9.59 Å². The molecule has 1 aromatic rings. The Morgan fingerprint density at radius 1 is 0.943 bits per heavy atom. The van der Waals surface area contributed by atoms with Crippen molar-refractivity contribution in [3.63, 3.8) is 0 Å². The molecule has 0 N–H and O–H groups in total. The molecule has 0 fully saturated rings. The number of esters is 2. The Morgan fingerprint density at radius 3 is 1.80 bits per heavy atom. The molecular weight excluding hydrogens is 496 g/mol. The normalized spacial score (nSPS) is 9.80. The van der Waals surface area contributed by atoms with Crippen LogP contribution >= 0.6 is 24.0 Å². The Labute approximate surface area is 218 Å². The fourth-order valence-corrected chi connectivity index (χ4v) is 3.31. The zero-order valence-electron chi connectivity index (χ0n) is 21.8. The molecule has 0 aliphatic carbocycles. The minimum atomic E-state index is -0.566. The molecule has 11 heteroatoms. The number of carbonyl (C=O) groups excluding carboxylic acids is 3. The van der Waals surface area contributed by atoms with Gasteiger partial charge in [0.15, 0.2) is 6.29 Å². The van der Waals surface area contributed by atoms with Gasteiger partial charge in [-0.1, -0.05) is 0 Å². The lowest BCUT2D eigenvalue weighted by atomic mass is 10.2. The highest BCUT2D eigenvalue weighted by molar-refractivity contribution is 7.81. The van der Waals surface area contributed by atoms with Gasteiger partial charge in [-0.15, -0.1) is 11.3 Å². The summed E-state index contributed by atoms with van der Waals surface area (Å²) in [6.45, 7) is 13.0. The number of thiol groups is 1. The first kappa shape index (κ1) is 35.2. The summed E-state index contributed by atoms with van der Waals surface area (Å²) in [7, 11) is 2.71. The Kier molecular flexibility index (Phi) is 22.7. The smallest absolute Gasteiger partial charge is 0.348 e. The minimum absolute atomic E-state index is 0.163. The van der Waals surface area contributed by atoms with E-state index in [0.717, 1.165) is 10.4 Å². The third kappa shape index (κ3) is 17.2. The second-order valence-corrected chi connectivity index (χ2v) is 7.60. The van der Waals surface area contributed by atoms with E-state index in [9.17, 15) is 14.4 Å². The number of hydrogen-bond acceptors (Lipinski definition) is 11. The molecule has 0 radical (unpaired) electrons. The van der Waals surface area contributed by atoms with Gasteiger partial charge in [0.05, 0.1) is 24.8 Å². The molecule has 200 valence electrons. The van der Waals surface area contributed by atoms with E-state index in [-0.39, 0.29) is 23.5 Å². The van der Waals surface area contributed by atoms with Gasteiger partial charge < -0.3 is 28.4 Å². The van der Waals surface area contributed by atoms with E-state index in [0.29, 0.717) is 31.3 Å². The van der Waals surface area contributed by atoms with Gasteiger partial charge in [0.1, 0.15) is 4.88 Å². The summed E-state index contributed by atoms with van der Waals surface area (Å²) in [5, 5.41) is 0. The molecule has 0 bridgehead atoms. The number of thiophene rings is 1. The Bertz CT molecular complexity index is 779. The molecule has 35 heavy (non-hydrogen) atoms. The second-order valence-electron chi connectivity index (χ2n) is 6.20. The summed E-state index contributed by atoms with van der Waals surface area (Å²) in [5.41, 5.74) is 0.890. The van der Waals surface area contributed by atoms with E-state index in [1.54, 1.807) is 0 Å². The number of ketones is 1. The molecule has 1 rings (SSSR count). The van der Waals surface area contributed by atoms with Crippen molar-refractivity contribution in [2.24, 2.45) is 0 Å². The predicted molar refractivity (Wildman–Crippen MR) is 138 cm³/mol. The monoisotopic (exact) mass is 534 g/mol. The number of Topliss-reactive ketones (excluding diaryl/α,β-unsaturated/α-hetero) is 1. The highest BCUT2D eigenvalue weighted by Crippen LogP contribution is 2.30. The fraction of sp³-hybridized carbons (Fsp3) is 0.625. The third-order valence-corrected chi connectivity index (χ3v) is 5.03. The van der Waals surface area contributed by atoms with E-state index in [2.05, 4.69) is 29.2 Å². The van der Waals surface area contributed by atoms with Gasteiger partial charge in [0.2, 0.25) is 12.1 Å². The quantitative estimate of drug-likeness (QED) is 0.148. The van der Waals surface area contributed by atoms with E-state index in [1.165, 1.54) is 32.5 Å². The van der Waals surface area contributed by atoms with Crippen LogP contribution in [0.2, 0.25) is 0 Å². The zero-order chi connectivity index (χ0) is 27.2. The largest absolute Gasteiger partial charge is 0.468 e. The van der Waals surface area contributed by atoms with Crippen LogP contribution in [0.5, 0.6) is 0 Å². The van der Waals surface area contributed by atoms with Crippen molar-refractivity contribution in [2.45, 2.75) is 54.1 Å². The van der Waals surface area contributed by atoms with Gasteiger partial charge in [-0.2, -0.15) is 12.6 Å². The molecule has 0 aliphatic heterocycles. The van der Waals surface area contributed by atoms with Crippen molar-refractivity contribution in [1.82, 2.24) is 0 Å². The molecule has 1 aromatic heterocycles. The van der Waals surface area contributed by atoms with Crippen LogP contribution in [-0.2, 0) is 38.0 Å². The number of rotatable bonds is 11. The molecular formula is C24H38O9S2. The predicted octanol–water partition coefficient (Wildman–Crippen LogP) is 3.98. The lowest BCUT2D eigenvalue weighted by molar-refractivity contribution is -0.138. The van der Waals surface area contributed by atoms with Gasteiger partial charge in [0.25, 0.3) is 0 Å². The summed E-state index contributed by atoms with van der Waals surface area (Å²) in [6.07, 6.45) is -0.962. The molecule has 0 aliphatic rings. The molecule has 1 heterocycles. The average molecular weight is 535 g/mol. The molecule has 0 atom stereocenters. The second kappa shape index (κ2) is 22.5. The molecule has 0 saturated carbocycles. The first-order chi connectivity index (χ1) is 16.6. The Balaban J connectivity index is 0. The maximum atomic E-state index is 11.5. The summed E-state index contributed by atoms with van der Waals surface area (Å²) in [5.74, 6) is 4.33. The number of carbonyl (C=O) groups is 3. The average Bonchev–Trinajstić information content (AvgIpc) is 3.23. The van der Waals surface area contributed by atoms with Crippen LogP contribution in [0.4, 0.5) is 0 Å². The molecule has 0 unspecified atom stereocenters. The highest BCUT2D eigenvalue weighted by atomic mass is 32.1. The van der Waals surface area contributed by atoms with Crippen LogP contribution in [-0.4, -0.2) is 70.4 Å². The highest BCUT2D eigenvalue weighted by Gasteiger charge is 2.20. The number of methoxy groups -OCH3 is 2. The van der Waals surface area contributed by atoms with Crippen molar-refractivity contribution >= 4 is 41.7 Å². The summed E-state index contributed by atoms with van der Waals surface area (Å²) >= 11 is 4.98. The first-order valence-electron chi connectivity index (χ1n) is 11.0. The molecule has 0 saturated heterocycles. The minimum Gasteiger partial charge on any atom is -0.468 e. The van der Waals surface area contributed by atoms with Crippen LogP contribution in [0, 0.1) is 18.8 Å². The van der Waals surface area contributed by atoms with Crippen molar-refractivity contribution in [1.29, 1.82) is 0 Å². The molecule has 9 nitrogen and oxygen atoms in total. The van der Waals surface area contributed by atoms with Crippen LogP contribution in [0.15, 0.2) is 6.07 Å². The summed E-state index contributed by atoms with van der Waals surface area (Å²) in [4.78, 5) is 33.3. The number of hydrogen-bond donors (Lipinski definition) is 1. The van der Waals surface area contributed by atoms with E-state index >= 15 is 0 Å². The maximum Gasteiger partial charge on any atom is 0.348 e. The van der Waals surface area contributed by atoms with Crippen molar-refractivity contribution in [3.8, 4) is 11.8 Å². The van der Waals surface area contributed by atoms with Crippen molar-refractivity contribution < 1.29 is 42.8 Å². The Morgan fingerprint density at radius 2 is 1.46 bits per heavy atom. The summed E-state index contributed by atoms with van der Waals surface area (Å²) in [6, 6.07) is 1.91. The van der Waals surface area contributed by atoms with Gasteiger partial charge >= 0.3 is 11.9 Å². The van der Waals surface area contributed by atoms with Crippen LogP contribution in [0.1, 0.15) is 61.0 Å². The van der Waals surface area contributed by atoms with Crippen LogP contribution in [0.25, 0.3) is 0 Å². The third-order valence-electron chi connectivity index (χ3n) is 3.53. The fourth-order valence-electron chi connectivity index (χ4n) is 2.09. The molecule has 0 aromatic carbocycles. The standard InChI is InChI=1S/C12H18O4S.C9H14O3.C3H6O2S/c1-5-15-12(16-6-2)9-7-8(3)10(17-9)11(13)14-4;1-4-11-9(12-5-2)7-6-8(3)10;1-5-3(4)2-6/h7,12H,5-6H2,1-4H3;9H,4-5H2,1-3H3;6H,2H2,1H3. The lowest BCUT2D eigenvalue weighted by Crippen LogP contribution is -2.15. The SMILES string of the molecule is CCOC(C#CC(C)=O)OCC.CCOC(OCC)c1cc(C)c(C(=O)OC)s1.COC(=O)CS. The van der Waals surface area contributed by atoms with Crippen LogP contribution in [0.3, 0.4) is 0 Å². The van der Waals surface area contributed by atoms with Gasteiger partial charge in [-0.05, 0) is 58.1 Å². The molecule has 0 amide bonds. The molecule has 0 spiro atoms. The lowest BCUT2D eigenvalue weighted by Gasteiger charge is -2.14. The van der Waals surface area contributed by atoms with E-state index < -0.39 is 12.6 Å². The first-order valence-corrected chi connectivity index (χ1v) is 12.4.